The van der Waals surface area contributed by atoms with Gasteiger partial charge < -0.3 is 14.1 Å². The van der Waals surface area contributed by atoms with Crippen molar-refractivity contribution in [2.24, 2.45) is 0 Å². The van der Waals surface area contributed by atoms with Crippen molar-refractivity contribution in [1.29, 1.82) is 0 Å². The van der Waals surface area contributed by atoms with Crippen LogP contribution in [0.15, 0.2) is 40.8 Å². The van der Waals surface area contributed by atoms with Gasteiger partial charge in [-0.15, -0.1) is 0 Å². The lowest BCUT2D eigenvalue weighted by molar-refractivity contribution is 0.102. The zero-order valence-electron chi connectivity index (χ0n) is 13.6. The first-order chi connectivity index (χ1) is 12.0. The summed E-state index contributed by atoms with van der Waals surface area (Å²) >= 11 is 0. The Kier molecular flexibility index (Phi) is 3.94. The van der Waals surface area contributed by atoms with Gasteiger partial charge in [-0.1, -0.05) is 12.1 Å². The van der Waals surface area contributed by atoms with Gasteiger partial charge >= 0.3 is 0 Å². The number of hydrogen-bond donors (Lipinski definition) is 1. The summed E-state index contributed by atoms with van der Waals surface area (Å²) in [5.74, 6) is 2.04. The molecule has 122 valence electrons. The van der Waals surface area contributed by atoms with Gasteiger partial charge in [0, 0.05) is 5.69 Å². The number of ether oxygens (including phenoxy) is 1. The van der Waals surface area contributed by atoms with Crippen LogP contribution in [0.5, 0.6) is 5.75 Å². The van der Waals surface area contributed by atoms with Gasteiger partial charge in [0.2, 0.25) is 0 Å². The smallest absolute Gasteiger partial charge is 0.174 e. The third-order valence-electron chi connectivity index (χ3n) is 4.21. The Morgan fingerprint density at radius 3 is 2.64 bits per heavy atom. The monoisotopic (exact) mass is 332 g/mol. The van der Waals surface area contributed by atoms with Crippen LogP contribution in [0.4, 0.5) is 4.39 Å². The summed E-state index contributed by atoms with van der Waals surface area (Å²) in [5, 5.41) is 0. The van der Waals surface area contributed by atoms with E-state index in [-0.39, 0.29) is 5.75 Å². The van der Waals surface area contributed by atoms with E-state index >= 15 is 0 Å². The second-order valence-electron chi connectivity index (χ2n) is 6.18. The second kappa shape index (κ2) is 6.13. The Balaban J connectivity index is 1.67. The number of aryl methyl sites for hydroxylation is 2. The molecule has 0 spiro atoms. The van der Waals surface area contributed by atoms with Gasteiger partial charge in [0.15, 0.2) is 32.9 Å². The normalized spacial score (nSPS) is 14.3. The maximum absolute atomic E-state index is 13.5. The van der Waals surface area contributed by atoms with Crippen LogP contribution in [-0.2, 0) is 12.8 Å². The maximum atomic E-state index is 13.5. The average molecular weight is 332 g/mol. The van der Waals surface area contributed by atoms with Crippen LogP contribution in [0.1, 0.15) is 24.2 Å². The molecule has 2 aromatic heterocycles. The van der Waals surface area contributed by atoms with E-state index in [1.807, 2.05) is 6.07 Å². The Morgan fingerprint density at radius 2 is 1.84 bits per heavy atom. The number of fused-ring (bicyclic) bond motifs is 1. The fraction of sp³-hybridized carbons (Fsp3) is 0.278. The molecule has 25 heavy (non-hydrogen) atoms. The minimum atomic E-state index is -2.76. The summed E-state index contributed by atoms with van der Waals surface area (Å²) < 4.78 is 24.3. The van der Waals surface area contributed by atoms with Crippen molar-refractivity contribution in [2.45, 2.75) is 31.3 Å². The number of nitrogens with one attached hydrogen (secondary N) is 1. The molecule has 0 unspecified atom stereocenters. The van der Waals surface area contributed by atoms with Crippen molar-refractivity contribution in [2.75, 3.05) is 0 Å². The molecule has 4 rings (SSSR count). The van der Waals surface area contributed by atoms with Crippen LogP contribution in [0.3, 0.4) is 0 Å². The highest BCUT2D eigenvalue weighted by Crippen LogP contribution is 2.35. The molecule has 0 saturated heterocycles. The average Bonchev–Trinajstić information content (AvgIpc) is 3.20. The van der Waals surface area contributed by atoms with Crippen LogP contribution >= 0.6 is 0 Å². The number of furan rings is 1. The summed E-state index contributed by atoms with van der Waals surface area (Å²) in [4.78, 5) is 7.96. The quantitative estimate of drug-likeness (QED) is 0.744. The predicted molar refractivity (Wildman–Crippen MR) is 94.3 cm³/mol. The van der Waals surface area contributed by atoms with E-state index in [9.17, 15) is 4.39 Å². The van der Waals surface area contributed by atoms with E-state index in [4.69, 9.17) is 24.8 Å². The number of imidazole rings is 1. The number of halogens is 1. The molecule has 1 aliphatic rings. The Labute approximate surface area is 147 Å². The summed E-state index contributed by atoms with van der Waals surface area (Å²) in [6.07, 6.45) is 4.33. The molecule has 1 aliphatic carbocycles. The molecule has 0 bridgehead atoms. The molecular weight excluding hydrogens is 317 g/mol. The first-order valence-corrected chi connectivity index (χ1v) is 8.23. The molecule has 2 heterocycles. The lowest BCUT2D eigenvalue weighted by Gasteiger charge is -2.20. The van der Waals surface area contributed by atoms with E-state index in [1.54, 1.807) is 30.3 Å². The number of alkyl halides is 1. The van der Waals surface area contributed by atoms with Crippen molar-refractivity contribution in [3.8, 4) is 28.7 Å². The molecule has 0 saturated carbocycles. The van der Waals surface area contributed by atoms with Crippen molar-refractivity contribution in [3.63, 3.8) is 0 Å². The van der Waals surface area contributed by atoms with Gasteiger partial charge in [-0.2, -0.15) is 0 Å². The number of benzene rings is 1. The lowest BCUT2D eigenvalue weighted by atomic mass is 9.78. The van der Waals surface area contributed by atoms with Crippen LogP contribution in [0.2, 0.25) is 0 Å². The Morgan fingerprint density at radius 1 is 1.08 bits per heavy atom. The summed E-state index contributed by atoms with van der Waals surface area (Å²) in [6.45, 7) is 0. The van der Waals surface area contributed by atoms with E-state index in [1.165, 1.54) is 12.1 Å². The molecule has 3 aromatic rings. The number of H-pyrrole nitrogens is 1. The SMILES string of the molecule is [B]C([B])(F)Oc1ccccc1-c1ccc(-c2nc3c([nH]2)CCCC3)o1. The van der Waals surface area contributed by atoms with E-state index in [0.717, 1.165) is 25.0 Å². The van der Waals surface area contributed by atoms with Gasteiger partial charge in [-0.3, -0.25) is 0 Å². The van der Waals surface area contributed by atoms with Gasteiger partial charge in [0.25, 0.3) is 0 Å². The predicted octanol–water partition coefficient (Wildman–Crippen LogP) is 3.51. The molecule has 7 heteroatoms. The molecule has 1 N–H and O–H groups in total. The summed E-state index contributed by atoms with van der Waals surface area (Å²) in [6, 6.07) is 10.4. The van der Waals surface area contributed by atoms with Crippen molar-refractivity contribution < 1.29 is 13.5 Å². The molecule has 4 nitrogen and oxygen atoms in total. The first kappa shape index (κ1) is 16.1. The van der Waals surface area contributed by atoms with E-state index in [2.05, 4.69) is 9.97 Å². The van der Waals surface area contributed by atoms with Crippen molar-refractivity contribution in [1.82, 2.24) is 9.97 Å². The van der Waals surface area contributed by atoms with Crippen LogP contribution in [0, 0.1) is 0 Å². The number of aromatic amines is 1. The second-order valence-corrected chi connectivity index (χ2v) is 6.18. The molecular formula is C18H15B2FN2O2. The number of hydrogen-bond acceptors (Lipinski definition) is 3. The largest absolute Gasteiger partial charge is 0.476 e. The van der Waals surface area contributed by atoms with Crippen LogP contribution in [-0.4, -0.2) is 31.3 Å². The van der Waals surface area contributed by atoms with Gasteiger partial charge in [-0.05, 0) is 49.9 Å². The van der Waals surface area contributed by atoms with Crippen molar-refractivity contribution >= 4 is 15.7 Å². The first-order valence-electron chi connectivity index (χ1n) is 8.23. The van der Waals surface area contributed by atoms with Gasteiger partial charge in [-0.25, -0.2) is 9.37 Å². The molecule has 1 aromatic carbocycles. The fourth-order valence-electron chi connectivity index (χ4n) is 3.11. The number of aromatic nitrogens is 2. The summed E-state index contributed by atoms with van der Waals surface area (Å²) in [7, 11) is 10.2. The summed E-state index contributed by atoms with van der Waals surface area (Å²) in [5.41, 5.74) is 0.0850. The molecule has 0 fully saturated rings. The van der Waals surface area contributed by atoms with Crippen LogP contribution < -0.4 is 4.74 Å². The molecule has 4 radical (unpaired) electrons. The Hall–Kier alpha value is -2.43. The third kappa shape index (κ3) is 3.36. The Bertz CT molecular complexity index is 875. The number of rotatable bonds is 4. The van der Waals surface area contributed by atoms with Gasteiger partial charge in [0.05, 0.1) is 11.3 Å². The third-order valence-corrected chi connectivity index (χ3v) is 4.21. The highest BCUT2D eigenvalue weighted by atomic mass is 19.2. The van der Waals surface area contributed by atoms with Crippen LogP contribution in [0.25, 0.3) is 22.9 Å². The highest BCUT2D eigenvalue weighted by Gasteiger charge is 2.21. The lowest BCUT2D eigenvalue weighted by Crippen LogP contribution is -2.31. The topological polar surface area (TPSA) is 51.0 Å². The molecule has 0 aliphatic heterocycles. The fourth-order valence-corrected chi connectivity index (χ4v) is 3.11. The highest BCUT2D eigenvalue weighted by molar-refractivity contribution is 6.37. The van der Waals surface area contributed by atoms with Gasteiger partial charge in [0.1, 0.15) is 11.5 Å². The standard InChI is InChI=1S/C18H15B2FN2O2/c19-18(20,21)25-15-8-4-1-5-11(15)14-9-10-16(24-14)17-22-12-6-2-3-7-13(12)23-17/h1,4-5,8-10H,2-3,6-7H2,(H,22,23). The minimum Gasteiger partial charge on any atom is -0.476 e. The minimum absolute atomic E-state index is 0.203. The maximum Gasteiger partial charge on any atom is 0.174 e. The zero-order valence-corrected chi connectivity index (χ0v) is 13.6. The van der Waals surface area contributed by atoms with E-state index in [0.29, 0.717) is 22.9 Å². The van der Waals surface area contributed by atoms with E-state index < -0.39 is 5.65 Å². The van der Waals surface area contributed by atoms with Crippen molar-refractivity contribution in [3.05, 3.63) is 47.8 Å². The number of nitrogens with zero attached hydrogens (tertiary/aromatic N) is 1. The zero-order chi connectivity index (χ0) is 17.4. The molecule has 0 amide bonds. The molecule has 0 atom stereocenters. The number of para-hydroxylation sites is 1.